The molecule has 0 radical (unpaired) electrons. The molecule has 0 fully saturated rings. The van der Waals surface area contributed by atoms with Crippen molar-refractivity contribution in [3.8, 4) is 12.1 Å². The maximum atomic E-state index is 12.3. The first-order valence-electron chi connectivity index (χ1n) is 6.75. The Morgan fingerprint density at radius 1 is 1.09 bits per heavy atom. The van der Waals surface area contributed by atoms with Crippen LogP contribution in [0, 0.1) is 29.6 Å². The first-order valence-corrected chi connectivity index (χ1v) is 6.75. The first kappa shape index (κ1) is 15.7. The zero-order valence-electron chi connectivity index (χ0n) is 12.4. The standard InChI is InChI=1S/C17H13N5O/c1-12-5-2-3-8-16(12)20-17(23)13-6-4-7-14(9-13)21-22-15(10-18)11-19/h2-9,21H,1H3,(H,20,23). The second-order valence-corrected chi connectivity index (χ2v) is 4.65. The van der Waals surface area contributed by atoms with Crippen molar-refractivity contribution in [3.63, 3.8) is 0 Å². The van der Waals surface area contributed by atoms with Crippen molar-refractivity contribution >= 4 is 23.0 Å². The number of rotatable bonds is 4. The summed E-state index contributed by atoms with van der Waals surface area (Å²) >= 11 is 0. The number of hydrogen-bond donors (Lipinski definition) is 2. The van der Waals surface area contributed by atoms with Gasteiger partial charge in [-0.3, -0.25) is 10.2 Å². The highest BCUT2D eigenvalue weighted by atomic mass is 16.1. The number of aryl methyl sites for hydroxylation is 1. The normalized spacial score (nSPS) is 9.17. The number of para-hydroxylation sites is 1. The van der Waals surface area contributed by atoms with Gasteiger partial charge in [0.2, 0.25) is 5.71 Å². The summed E-state index contributed by atoms with van der Waals surface area (Å²) in [6.45, 7) is 1.91. The smallest absolute Gasteiger partial charge is 0.255 e. The number of carbonyl (C=O) groups excluding carboxylic acids is 1. The summed E-state index contributed by atoms with van der Waals surface area (Å²) in [6.07, 6.45) is 0. The van der Waals surface area contributed by atoms with Crippen LogP contribution in [0.1, 0.15) is 15.9 Å². The molecule has 112 valence electrons. The lowest BCUT2D eigenvalue weighted by atomic mass is 10.1. The van der Waals surface area contributed by atoms with E-state index >= 15 is 0 Å². The minimum absolute atomic E-state index is 0.257. The molecule has 0 heterocycles. The van der Waals surface area contributed by atoms with Crippen LogP contribution in [-0.2, 0) is 0 Å². The van der Waals surface area contributed by atoms with Gasteiger partial charge in [-0.15, -0.1) is 0 Å². The quantitative estimate of drug-likeness (QED) is 0.669. The zero-order chi connectivity index (χ0) is 16.7. The van der Waals surface area contributed by atoms with Gasteiger partial charge in [-0.25, -0.2) is 0 Å². The summed E-state index contributed by atoms with van der Waals surface area (Å²) in [6, 6.07) is 17.4. The van der Waals surface area contributed by atoms with E-state index in [1.54, 1.807) is 36.4 Å². The molecule has 6 nitrogen and oxygen atoms in total. The molecule has 23 heavy (non-hydrogen) atoms. The van der Waals surface area contributed by atoms with E-state index in [-0.39, 0.29) is 11.6 Å². The number of nitrogens with zero attached hydrogens (tertiary/aromatic N) is 3. The predicted octanol–water partition coefficient (Wildman–Crippen LogP) is 3.06. The van der Waals surface area contributed by atoms with Gasteiger partial charge in [0, 0.05) is 11.3 Å². The largest absolute Gasteiger partial charge is 0.322 e. The number of carbonyl (C=O) groups is 1. The molecule has 0 aromatic heterocycles. The lowest BCUT2D eigenvalue weighted by Gasteiger charge is -2.09. The molecule has 0 saturated carbocycles. The van der Waals surface area contributed by atoms with Crippen LogP contribution in [0.4, 0.5) is 11.4 Å². The van der Waals surface area contributed by atoms with Gasteiger partial charge < -0.3 is 5.32 Å². The lowest BCUT2D eigenvalue weighted by Crippen LogP contribution is -2.12. The molecule has 0 aliphatic heterocycles. The summed E-state index contributed by atoms with van der Waals surface area (Å²) in [7, 11) is 0. The molecule has 1 amide bonds. The number of hydrogen-bond acceptors (Lipinski definition) is 5. The van der Waals surface area contributed by atoms with Crippen molar-refractivity contribution in [3.05, 3.63) is 59.7 Å². The van der Waals surface area contributed by atoms with Crippen LogP contribution in [0.25, 0.3) is 0 Å². The zero-order valence-corrected chi connectivity index (χ0v) is 12.4. The molecular formula is C17H13N5O. The van der Waals surface area contributed by atoms with E-state index in [9.17, 15) is 4.79 Å². The van der Waals surface area contributed by atoms with Gasteiger partial charge in [-0.1, -0.05) is 24.3 Å². The molecular weight excluding hydrogens is 290 g/mol. The highest BCUT2D eigenvalue weighted by Crippen LogP contribution is 2.16. The average Bonchev–Trinajstić information content (AvgIpc) is 2.58. The lowest BCUT2D eigenvalue weighted by molar-refractivity contribution is 0.102. The Labute approximate surface area is 133 Å². The Kier molecular flexibility index (Phi) is 5.06. The Morgan fingerprint density at radius 3 is 2.52 bits per heavy atom. The molecule has 6 heteroatoms. The van der Waals surface area contributed by atoms with Crippen molar-refractivity contribution in [2.24, 2.45) is 5.10 Å². The van der Waals surface area contributed by atoms with Gasteiger partial charge in [-0.05, 0) is 36.8 Å². The molecule has 2 N–H and O–H groups in total. The van der Waals surface area contributed by atoms with Gasteiger partial charge in [-0.2, -0.15) is 15.6 Å². The molecule has 2 aromatic rings. The number of amides is 1. The van der Waals surface area contributed by atoms with Crippen LogP contribution in [0.2, 0.25) is 0 Å². The Morgan fingerprint density at radius 2 is 1.83 bits per heavy atom. The maximum Gasteiger partial charge on any atom is 0.255 e. The second kappa shape index (κ2) is 7.39. The molecule has 0 bridgehead atoms. The summed E-state index contributed by atoms with van der Waals surface area (Å²) in [5, 5.41) is 23.7. The van der Waals surface area contributed by atoms with E-state index in [4.69, 9.17) is 10.5 Å². The topological polar surface area (TPSA) is 101 Å². The molecule has 2 rings (SSSR count). The van der Waals surface area contributed by atoms with Gasteiger partial charge in [0.25, 0.3) is 5.91 Å². The van der Waals surface area contributed by atoms with Crippen LogP contribution in [0.5, 0.6) is 0 Å². The summed E-state index contributed by atoms with van der Waals surface area (Å²) in [5.41, 5.74) is 4.93. The Bertz CT molecular complexity index is 827. The van der Waals surface area contributed by atoms with E-state index in [0.717, 1.165) is 11.3 Å². The third-order valence-electron chi connectivity index (χ3n) is 3.03. The van der Waals surface area contributed by atoms with Crippen molar-refractivity contribution in [2.75, 3.05) is 10.7 Å². The van der Waals surface area contributed by atoms with E-state index in [1.165, 1.54) is 0 Å². The number of hydrazone groups is 1. The SMILES string of the molecule is Cc1ccccc1NC(=O)c1cccc(NN=C(C#N)C#N)c1. The number of nitriles is 2. The minimum Gasteiger partial charge on any atom is -0.322 e. The van der Waals surface area contributed by atoms with E-state index in [2.05, 4.69) is 15.8 Å². The van der Waals surface area contributed by atoms with E-state index in [0.29, 0.717) is 11.3 Å². The second-order valence-electron chi connectivity index (χ2n) is 4.65. The number of benzene rings is 2. The fourth-order valence-electron chi connectivity index (χ4n) is 1.83. The van der Waals surface area contributed by atoms with Crippen LogP contribution in [-0.4, -0.2) is 11.6 Å². The predicted molar refractivity (Wildman–Crippen MR) is 87.9 cm³/mol. The van der Waals surface area contributed by atoms with Crippen molar-refractivity contribution in [2.45, 2.75) is 6.92 Å². The van der Waals surface area contributed by atoms with Crippen LogP contribution in [0.15, 0.2) is 53.6 Å². The van der Waals surface area contributed by atoms with Gasteiger partial charge >= 0.3 is 0 Å². The number of anilines is 2. The molecule has 2 aromatic carbocycles. The molecule has 0 spiro atoms. The Balaban J connectivity index is 2.15. The molecule has 0 saturated heterocycles. The van der Waals surface area contributed by atoms with Gasteiger partial charge in [0.15, 0.2) is 0 Å². The number of nitrogens with one attached hydrogen (secondary N) is 2. The monoisotopic (exact) mass is 303 g/mol. The molecule has 0 aliphatic carbocycles. The summed E-state index contributed by atoms with van der Waals surface area (Å²) in [5.74, 6) is -0.257. The first-order chi connectivity index (χ1) is 11.1. The molecule has 0 unspecified atom stereocenters. The van der Waals surface area contributed by atoms with Crippen molar-refractivity contribution < 1.29 is 4.79 Å². The summed E-state index contributed by atoms with van der Waals surface area (Å²) in [4.78, 5) is 12.3. The Hall–Kier alpha value is -3.64. The van der Waals surface area contributed by atoms with Crippen molar-refractivity contribution in [1.29, 1.82) is 10.5 Å². The van der Waals surface area contributed by atoms with Crippen LogP contribution < -0.4 is 10.7 Å². The third kappa shape index (κ3) is 4.16. The average molecular weight is 303 g/mol. The van der Waals surface area contributed by atoms with Crippen molar-refractivity contribution in [1.82, 2.24) is 0 Å². The van der Waals surface area contributed by atoms with E-state index < -0.39 is 0 Å². The minimum atomic E-state index is -0.292. The van der Waals surface area contributed by atoms with Crippen LogP contribution in [0.3, 0.4) is 0 Å². The van der Waals surface area contributed by atoms with Gasteiger partial charge in [0.1, 0.15) is 12.1 Å². The fourth-order valence-corrected chi connectivity index (χ4v) is 1.83. The van der Waals surface area contributed by atoms with Crippen LogP contribution >= 0.6 is 0 Å². The summed E-state index contributed by atoms with van der Waals surface area (Å²) < 4.78 is 0. The van der Waals surface area contributed by atoms with Gasteiger partial charge in [0.05, 0.1) is 5.69 Å². The third-order valence-corrected chi connectivity index (χ3v) is 3.03. The highest BCUT2D eigenvalue weighted by Gasteiger charge is 2.08. The molecule has 0 aliphatic rings. The molecule has 0 atom stereocenters. The van der Waals surface area contributed by atoms with E-state index in [1.807, 2.05) is 31.2 Å². The highest BCUT2D eigenvalue weighted by molar-refractivity contribution is 6.10. The maximum absolute atomic E-state index is 12.3. The fraction of sp³-hybridized carbons (Fsp3) is 0.0588.